The van der Waals surface area contributed by atoms with Gasteiger partial charge in [0, 0.05) is 6.54 Å². The van der Waals surface area contributed by atoms with Crippen molar-refractivity contribution in [2.24, 2.45) is 0 Å². The molecule has 0 aromatic heterocycles. The van der Waals surface area contributed by atoms with Gasteiger partial charge in [-0.05, 0) is 38.6 Å². The highest BCUT2D eigenvalue weighted by molar-refractivity contribution is 5.78. The van der Waals surface area contributed by atoms with Gasteiger partial charge in [0.15, 0.2) is 11.5 Å². The highest BCUT2D eigenvalue weighted by Gasteiger charge is 2.14. The third-order valence-corrected chi connectivity index (χ3v) is 3.49. The largest absolute Gasteiger partial charge is 0.493 e. The average Bonchev–Trinajstić information content (AvgIpc) is 2.53. The van der Waals surface area contributed by atoms with Crippen LogP contribution in [0.5, 0.6) is 11.5 Å². The number of ether oxygens (including phenoxy) is 2. The molecule has 24 heavy (non-hydrogen) atoms. The number of nitrogens with zero attached hydrogens (tertiary/aromatic N) is 1. The molecular weight excluding hydrogens is 312 g/mol. The number of carbonyl (C=O) groups excluding carboxylic acids is 1. The summed E-state index contributed by atoms with van der Waals surface area (Å²) < 4.78 is 10.8. The Morgan fingerprint density at radius 2 is 2.04 bits per heavy atom. The molecule has 1 unspecified atom stereocenters. The lowest BCUT2D eigenvalue weighted by Crippen LogP contribution is -2.37. The number of likely N-dealkylation sites (N-methyl/N-ethyl adjacent to an activating group) is 1. The monoisotopic (exact) mass is 338 g/mol. The number of hydrogen-bond acceptors (Lipinski definition) is 5. The minimum absolute atomic E-state index is 0.00935. The molecule has 1 aromatic carbocycles. The van der Waals surface area contributed by atoms with E-state index >= 15 is 0 Å². The fourth-order valence-corrected chi connectivity index (χ4v) is 2.21. The minimum Gasteiger partial charge on any atom is -0.493 e. The third kappa shape index (κ3) is 6.45. The lowest BCUT2D eigenvalue weighted by atomic mass is 10.1. The van der Waals surface area contributed by atoms with Crippen molar-refractivity contribution in [1.29, 1.82) is 0 Å². The molecule has 0 saturated carbocycles. The minimum atomic E-state index is -0.878. The molecule has 0 spiro atoms. The van der Waals surface area contributed by atoms with E-state index in [0.717, 1.165) is 5.56 Å². The molecule has 0 aliphatic rings. The predicted octanol–water partition coefficient (Wildman–Crippen LogP) is 1.68. The Bertz CT molecular complexity index is 562. The topological polar surface area (TPSA) is 88.1 Å². The standard InChI is InChI=1S/C17H26N2O5/c1-5-24-14-7-6-13(10-15(14)23-4)12(2)18-16(20)11-19(3)9-8-17(21)22/h6-7,10,12H,5,8-9,11H2,1-4H3,(H,18,20)(H,21,22). The van der Waals surface area contributed by atoms with Crippen molar-refractivity contribution in [2.75, 3.05) is 33.9 Å². The van der Waals surface area contributed by atoms with Crippen LogP contribution in [0.2, 0.25) is 0 Å². The van der Waals surface area contributed by atoms with Gasteiger partial charge in [0.1, 0.15) is 0 Å². The molecule has 0 aliphatic heterocycles. The van der Waals surface area contributed by atoms with E-state index in [0.29, 0.717) is 24.7 Å². The van der Waals surface area contributed by atoms with Crippen LogP contribution in [0.25, 0.3) is 0 Å². The lowest BCUT2D eigenvalue weighted by Gasteiger charge is -2.19. The summed E-state index contributed by atoms with van der Waals surface area (Å²) in [4.78, 5) is 24.3. The van der Waals surface area contributed by atoms with Crippen LogP contribution in [0.15, 0.2) is 18.2 Å². The van der Waals surface area contributed by atoms with Gasteiger partial charge in [-0.3, -0.25) is 14.5 Å². The lowest BCUT2D eigenvalue weighted by molar-refractivity contribution is -0.137. The fraction of sp³-hybridized carbons (Fsp3) is 0.529. The second-order valence-electron chi connectivity index (χ2n) is 5.51. The number of hydrogen-bond donors (Lipinski definition) is 2. The van der Waals surface area contributed by atoms with Crippen molar-refractivity contribution in [2.45, 2.75) is 26.3 Å². The number of benzene rings is 1. The van der Waals surface area contributed by atoms with Crippen molar-refractivity contribution in [3.8, 4) is 11.5 Å². The first-order valence-electron chi connectivity index (χ1n) is 7.87. The molecule has 0 heterocycles. The zero-order valence-corrected chi connectivity index (χ0v) is 14.7. The average molecular weight is 338 g/mol. The Balaban J connectivity index is 2.62. The number of carbonyl (C=O) groups is 2. The normalized spacial score (nSPS) is 11.9. The van der Waals surface area contributed by atoms with Crippen LogP contribution >= 0.6 is 0 Å². The fourth-order valence-electron chi connectivity index (χ4n) is 2.21. The van der Waals surface area contributed by atoms with Gasteiger partial charge in [-0.1, -0.05) is 6.07 Å². The van der Waals surface area contributed by atoms with Gasteiger partial charge in [-0.25, -0.2) is 0 Å². The molecule has 7 heteroatoms. The van der Waals surface area contributed by atoms with Crippen LogP contribution in [-0.4, -0.2) is 55.7 Å². The Kier molecular flexibility index (Phi) is 8.05. The summed E-state index contributed by atoms with van der Waals surface area (Å²) in [6.45, 7) is 4.80. The number of carboxylic acids is 1. The van der Waals surface area contributed by atoms with E-state index in [1.807, 2.05) is 32.0 Å². The predicted molar refractivity (Wildman–Crippen MR) is 90.5 cm³/mol. The maximum atomic E-state index is 12.0. The van der Waals surface area contributed by atoms with Gasteiger partial charge in [-0.2, -0.15) is 0 Å². The first kappa shape index (κ1) is 19.8. The Morgan fingerprint density at radius 3 is 2.62 bits per heavy atom. The number of nitrogens with one attached hydrogen (secondary N) is 1. The quantitative estimate of drug-likeness (QED) is 0.675. The molecule has 7 nitrogen and oxygen atoms in total. The second-order valence-corrected chi connectivity index (χ2v) is 5.51. The van der Waals surface area contributed by atoms with Gasteiger partial charge in [-0.15, -0.1) is 0 Å². The smallest absolute Gasteiger partial charge is 0.304 e. The zero-order valence-electron chi connectivity index (χ0n) is 14.7. The molecule has 0 bridgehead atoms. The highest BCUT2D eigenvalue weighted by atomic mass is 16.5. The maximum Gasteiger partial charge on any atom is 0.304 e. The number of aliphatic carboxylic acids is 1. The van der Waals surface area contributed by atoms with Crippen LogP contribution < -0.4 is 14.8 Å². The van der Waals surface area contributed by atoms with Crippen molar-refractivity contribution >= 4 is 11.9 Å². The summed E-state index contributed by atoms with van der Waals surface area (Å²) in [5.74, 6) is 0.241. The summed E-state index contributed by atoms with van der Waals surface area (Å²) in [7, 11) is 3.29. The van der Waals surface area contributed by atoms with Gasteiger partial charge in [0.05, 0.1) is 32.7 Å². The van der Waals surface area contributed by atoms with E-state index in [2.05, 4.69) is 5.32 Å². The number of amides is 1. The Morgan fingerprint density at radius 1 is 1.33 bits per heavy atom. The summed E-state index contributed by atoms with van der Waals surface area (Å²) >= 11 is 0. The van der Waals surface area contributed by atoms with Crippen molar-refractivity contribution in [1.82, 2.24) is 10.2 Å². The van der Waals surface area contributed by atoms with Crippen LogP contribution in [0.1, 0.15) is 31.9 Å². The van der Waals surface area contributed by atoms with Crippen LogP contribution in [0, 0.1) is 0 Å². The summed E-state index contributed by atoms with van der Waals surface area (Å²) in [5.41, 5.74) is 0.900. The molecule has 1 aromatic rings. The summed E-state index contributed by atoms with van der Waals surface area (Å²) in [5, 5.41) is 11.5. The first-order chi connectivity index (χ1) is 11.4. The molecule has 1 rings (SSSR count). The van der Waals surface area contributed by atoms with Gasteiger partial charge in [0.2, 0.25) is 5.91 Å². The highest BCUT2D eigenvalue weighted by Crippen LogP contribution is 2.30. The van der Waals surface area contributed by atoms with Crippen molar-refractivity contribution < 1.29 is 24.2 Å². The van der Waals surface area contributed by atoms with Gasteiger partial charge >= 0.3 is 5.97 Å². The summed E-state index contributed by atoms with van der Waals surface area (Å²) in [6, 6.07) is 5.34. The van der Waals surface area contributed by atoms with Gasteiger partial charge in [0.25, 0.3) is 0 Å². The molecule has 0 saturated heterocycles. The van der Waals surface area contributed by atoms with E-state index in [1.165, 1.54) is 0 Å². The van der Waals surface area contributed by atoms with Crippen molar-refractivity contribution in [3.63, 3.8) is 0 Å². The molecular formula is C17H26N2O5. The number of carboxylic acid groups (broad SMARTS) is 1. The molecule has 1 amide bonds. The molecule has 2 N–H and O–H groups in total. The second kappa shape index (κ2) is 9.77. The SMILES string of the molecule is CCOc1ccc(C(C)NC(=O)CN(C)CCC(=O)O)cc1OC. The van der Waals surface area contributed by atoms with E-state index in [9.17, 15) is 9.59 Å². The molecule has 0 radical (unpaired) electrons. The van der Waals surface area contributed by atoms with Crippen molar-refractivity contribution in [3.05, 3.63) is 23.8 Å². The van der Waals surface area contributed by atoms with Crippen LogP contribution in [0.3, 0.4) is 0 Å². The Hall–Kier alpha value is -2.28. The molecule has 134 valence electrons. The maximum absolute atomic E-state index is 12.0. The van der Waals surface area contributed by atoms with E-state index < -0.39 is 5.97 Å². The van der Waals surface area contributed by atoms with Gasteiger partial charge < -0.3 is 19.9 Å². The molecule has 0 fully saturated rings. The van der Waals surface area contributed by atoms with Crippen LogP contribution in [0.4, 0.5) is 0 Å². The van der Waals surface area contributed by atoms with Crippen LogP contribution in [-0.2, 0) is 9.59 Å². The first-order valence-corrected chi connectivity index (χ1v) is 7.87. The van der Waals surface area contributed by atoms with E-state index in [4.69, 9.17) is 14.6 Å². The summed E-state index contributed by atoms with van der Waals surface area (Å²) in [6.07, 6.45) is 0.00935. The number of rotatable bonds is 10. The van der Waals surface area contributed by atoms with E-state index in [1.54, 1.807) is 19.1 Å². The number of methoxy groups -OCH3 is 1. The molecule has 0 aliphatic carbocycles. The molecule has 1 atom stereocenters. The zero-order chi connectivity index (χ0) is 18.1. The Labute approximate surface area is 142 Å². The third-order valence-electron chi connectivity index (χ3n) is 3.49. The van der Waals surface area contributed by atoms with E-state index in [-0.39, 0.29) is 24.9 Å².